The van der Waals surface area contributed by atoms with Gasteiger partial charge in [-0.2, -0.15) is 0 Å². The van der Waals surface area contributed by atoms with Gasteiger partial charge in [-0.1, -0.05) is 32.0 Å². The maximum Gasteiger partial charge on any atom is 0.339 e. The first-order chi connectivity index (χ1) is 16.6. The van der Waals surface area contributed by atoms with Gasteiger partial charge in [0.25, 0.3) is 0 Å². The number of hydrogen-bond donors (Lipinski definition) is 0. The van der Waals surface area contributed by atoms with Gasteiger partial charge < -0.3 is 14.4 Å². The van der Waals surface area contributed by atoms with Gasteiger partial charge in [0.15, 0.2) is 5.82 Å². The Morgan fingerprint density at radius 3 is 2.59 bits per heavy atom. The molecule has 7 heteroatoms. The van der Waals surface area contributed by atoms with E-state index in [4.69, 9.17) is 9.47 Å². The highest BCUT2D eigenvalue weighted by Gasteiger charge is 2.23. The molecule has 0 spiro atoms. The van der Waals surface area contributed by atoms with E-state index in [1.54, 1.807) is 19.2 Å². The lowest BCUT2D eigenvalue weighted by atomic mass is 9.97. The van der Waals surface area contributed by atoms with Crippen LogP contribution >= 0.6 is 0 Å². The molecule has 1 unspecified atom stereocenters. The molecule has 1 atom stereocenters. The van der Waals surface area contributed by atoms with Crippen LogP contribution in [0.4, 0.5) is 5.82 Å². The Morgan fingerprint density at radius 2 is 1.88 bits per heavy atom. The molecule has 1 fully saturated rings. The van der Waals surface area contributed by atoms with Crippen molar-refractivity contribution in [3.63, 3.8) is 0 Å². The zero-order valence-corrected chi connectivity index (χ0v) is 20.1. The van der Waals surface area contributed by atoms with E-state index in [0.29, 0.717) is 23.8 Å². The maximum atomic E-state index is 12.0. The number of aromatic nitrogens is 3. The SMILES string of the molecule is CCOC(=O)c1cncc(-c2ccc(N3CCC(Oc4ccccc4C(C)CC)CC3)nn2)c1. The third kappa shape index (κ3) is 5.53. The van der Waals surface area contributed by atoms with Crippen molar-refractivity contribution in [2.45, 2.75) is 52.1 Å². The van der Waals surface area contributed by atoms with Crippen LogP contribution in [0.1, 0.15) is 61.9 Å². The number of rotatable bonds is 8. The summed E-state index contributed by atoms with van der Waals surface area (Å²) in [4.78, 5) is 18.4. The fraction of sp³-hybridized carbons (Fsp3) is 0.407. The molecule has 0 N–H and O–H groups in total. The van der Waals surface area contributed by atoms with Crippen LogP contribution in [0, 0.1) is 0 Å². The van der Waals surface area contributed by atoms with Crippen LogP contribution in [0.2, 0.25) is 0 Å². The lowest BCUT2D eigenvalue weighted by molar-refractivity contribution is 0.0526. The first kappa shape index (κ1) is 23.7. The molecule has 178 valence electrons. The number of carbonyl (C=O) groups excluding carboxylic acids is 1. The van der Waals surface area contributed by atoms with E-state index >= 15 is 0 Å². The summed E-state index contributed by atoms with van der Waals surface area (Å²) in [7, 11) is 0. The Kier molecular flexibility index (Phi) is 7.72. The Morgan fingerprint density at radius 1 is 1.09 bits per heavy atom. The molecule has 4 rings (SSSR count). The minimum absolute atomic E-state index is 0.199. The first-order valence-electron chi connectivity index (χ1n) is 12.1. The number of esters is 1. The summed E-state index contributed by atoms with van der Waals surface area (Å²) in [5.74, 6) is 1.95. The van der Waals surface area contributed by atoms with Gasteiger partial charge in [0.05, 0.1) is 17.9 Å². The standard InChI is InChI=1S/C27H32N4O3/c1-4-19(3)23-8-6-7-9-25(23)34-22-12-14-31(15-13-22)26-11-10-24(29-30-26)20-16-21(18-28-17-20)27(32)33-5-2/h6-11,16-19,22H,4-5,12-15H2,1-3H3. The lowest BCUT2D eigenvalue weighted by Crippen LogP contribution is -2.38. The first-order valence-corrected chi connectivity index (χ1v) is 12.1. The van der Waals surface area contributed by atoms with Gasteiger partial charge in [0.1, 0.15) is 11.9 Å². The number of anilines is 1. The van der Waals surface area contributed by atoms with Crippen molar-refractivity contribution in [3.8, 4) is 17.0 Å². The number of ether oxygens (including phenoxy) is 2. The molecule has 1 aliphatic rings. The summed E-state index contributed by atoms with van der Waals surface area (Å²) < 4.78 is 11.5. The summed E-state index contributed by atoms with van der Waals surface area (Å²) >= 11 is 0. The highest BCUT2D eigenvalue weighted by atomic mass is 16.5. The molecular formula is C27H32N4O3. The van der Waals surface area contributed by atoms with Gasteiger partial charge in [-0.05, 0) is 49.1 Å². The van der Waals surface area contributed by atoms with Crippen LogP contribution in [0.25, 0.3) is 11.3 Å². The quantitative estimate of drug-likeness (QED) is 0.423. The molecule has 34 heavy (non-hydrogen) atoms. The summed E-state index contributed by atoms with van der Waals surface area (Å²) in [6.45, 7) is 8.29. The molecule has 2 aromatic heterocycles. The second kappa shape index (κ2) is 11.1. The van der Waals surface area contributed by atoms with Crippen LogP contribution in [-0.2, 0) is 4.74 Å². The molecule has 0 aliphatic carbocycles. The minimum Gasteiger partial charge on any atom is -0.490 e. The second-order valence-corrected chi connectivity index (χ2v) is 8.61. The van der Waals surface area contributed by atoms with E-state index in [9.17, 15) is 4.79 Å². The average Bonchev–Trinajstić information content (AvgIpc) is 2.89. The van der Waals surface area contributed by atoms with Crippen molar-refractivity contribution in [2.24, 2.45) is 0 Å². The van der Waals surface area contributed by atoms with Crippen molar-refractivity contribution in [2.75, 3.05) is 24.6 Å². The van der Waals surface area contributed by atoms with Crippen molar-refractivity contribution < 1.29 is 14.3 Å². The van der Waals surface area contributed by atoms with Gasteiger partial charge in [0, 0.05) is 43.9 Å². The molecule has 0 radical (unpaired) electrons. The van der Waals surface area contributed by atoms with Crippen molar-refractivity contribution >= 4 is 11.8 Å². The second-order valence-electron chi connectivity index (χ2n) is 8.61. The van der Waals surface area contributed by atoms with Gasteiger partial charge in [-0.25, -0.2) is 4.79 Å². The molecule has 1 aliphatic heterocycles. The zero-order chi connectivity index (χ0) is 23.9. The Balaban J connectivity index is 1.37. The van der Waals surface area contributed by atoms with Crippen LogP contribution in [-0.4, -0.2) is 47.0 Å². The van der Waals surface area contributed by atoms with Crippen molar-refractivity contribution in [1.29, 1.82) is 0 Å². The molecule has 7 nitrogen and oxygen atoms in total. The van der Waals surface area contributed by atoms with Gasteiger partial charge in [-0.3, -0.25) is 4.98 Å². The Hall–Kier alpha value is -3.48. The number of pyridine rings is 1. The van der Waals surface area contributed by atoms with E-state index in [1.807, 2.05) is 18.2 Å². The van der Waals surface area contributed by atoms with Crippen LogP contribution < -0.4 is 9.64 Å². The van der Waals surface area contributed by atoms with Crippen molar-refractivity contribution in [3.05, 3.63) is 66.0 Å². The predicted molar refractivity (Wildman–Crippen MR) is 132 cm³/mol. The monoisotopic (exact) mass is 460 g/mol. The van der Waals surface area contributed by atoms with Gasteiger partial charge >= 0.3 is 5.97 Å². The number of nitrogens with zero attached hydrogens (tertiary/aromatic N) is 4. The average molecular weight is 461 g/mol. The molecule has 3 aromatic rings. The minimum atomic E-state index is -0.390. The van der Waals surface area contributed by atoms with E-state index in [1.165, 1.54) is 11.8 Å². The normalized spacial score (nSPS) is 15.1. The van der Waals surface area contributed by atoms with Crippen molar-refractivity contribution in [1.82, 2.24) is 15.2 Å². The number of hydrogen-bond acceptors (Lipinski definition) is 7. The summed E-state index contributed by atoms with van der Waals surface area (Å²) in [5.41, 5.74) is 3.09. The summed E-state index contributed by atoms with van der Waals surface area (Å²) in [6.07, 6.45) is 6.33. The number of benzene rings is 1. The van der Waals surface area contributed by atoms with E-state index in [-0.39, 0.29) is 6.10 Å². The molecule has 3 heterocycles. The molecule has 1 saturated heterocycles. The zero-order valence-electron chi connectivity index (χ0n) is 20.1. The van der Waals surface area contributed by atoms with E-state index in [2.05, 4.69) is 52.1 Å². The molecule has 0 saturated carbocycles. The fourth-order valence-electron chi connectivity index (χ4n) is 4.15. The van der Waals surface area contributed by atoms with Gasteiger partial charge in [-0.15, -0.1) is 10.2 Å². The smallest absolute Gasteiger partial charge is 0.339 e. The van der Waals surface area contributed by atoms with E-state index in [0.717, 1.165) is 49.5 Å². The van der Waals surface area contributed by atoms with Gasteiger partial charge in [0.2, 0.25) is 0 Å². The topological polar surface area (TPSA) is 77.4 Å². The van der Waals surface area contributed by atoms with Crippen LogP contribution in [0.3, 0.4) is 0 Å². The summed E-state index contributed by atoms with van der Waals surface area (Å²) in [5, 5.41) is 8.82. The van der Waals surface area contributed by atoms with Crippen LogP contribution in [0.5, 0.6) is 5.75 Å². The number of para-hydroxylation sites is 1. The number of carbonyl (C=O) groups is 1. The van der Waals surface area contributed by atoms with Crippen LogP contribution in [0.15, 0.2) is 54.9 Å². The molecule has 1 aromatic carbocycles. The van der Waals surface area contributed by atoms with E-state index < -0.39 is 5.97 Å². The Bertz CT molecular complexity index is 1100. The molecule has 0 bridgehead atoms. The maximum absolute atomic E-state index is 12.0. The molecule has 0 amide bonds. The third-order valence-corrected chi connectivity index (χ3v) is 6.32. The fourth-order valence-corrected chi connectivity index (χ4v) is 4.15. The summed E-state index contributed by atoms with van der Waals surface area (Å²) in [6, 6.07) is 14.0. The third-order valence-electron chi connectivity index (χ3n) is 6.32. The lowest BCUT2D eigenvalue weighted by Gasteiger charge is -2.33. The number of piperidine rings is 1. The largest absolute Gasteiger partial charge is 0.490 e. The molecular weight excluding hydrogens is 428 g/mol. The Labute approximate surface area is 201 Å². The highest BCUT2D eigenvalue weighted by Crippen LogP contribution is 2.31. The highest BCUT2D eigenvalue weighted by molar-refractivity contribution is 5.90. The predicted octanol–water partition coefficient (Wildman–Crippen LogP) is 5.28.